The molecule has 0 radical (unpaired) electrons. The molecule has 1 amide bonds. The molecule has 0 saturated heterocycles. The van der Waals surface area contributed by atoms with Crippen LogP contribution in [0, 0.1) is 5.82 Å². The van der Waals surface area contributed by atoms with Crippen molar-refractivity contribution >= 4 is 17.4 Å². The summed E-state index contributed by atoms with van der Waals surface area (Å²) in [6.45, 7) is 1.64. The van der Waals surface area contributed by atoms with E-state index in [0.29, 0.717) is 11.4 Å². The lowest BCUT2D eigenvalue weighted by Crippen LogP contribution is -2.31. The molecule has 1 aromatic heterocycles. The number of hydrogen-bond acceptors (Lipinski definition) is 3. The Morgan fingerprint density at radius 1 is 1.00 bits per heavy atom. The Morgan fingerprint density at radius 3 is 2.65 bits per heavy atom. The number of rotatable bonds is 3. The number of aromatic nitrogens is 1. The molecule has 2 heterocycles. The molecule has 3 aromatic rings. The zero-order valence-corrected chi connectivity index (χ0v) is 14.2. The van der Waals surface area contributed by atoms with Crippen molar-refractivity contribution in [2.24, 2.45) is 0 Å². The summed E-state index contributed by atoms with van der Waals surface area (Å²) in [5.41, 5.74) is 3.37. The van der Waals surface area contributed by atoms with Crippen molar-refractivity contribution < 1.29 is 9.18 Å². The summed E-state index contributed by atoms with van der Waals surface area (Å²) < 4.78 is 13.3. The van der Waals surface area contributed by atoms with Crippen LogP contribution in [0.4, 0.5) is 15.9 Å². The van der Waals surface area contributed by atoms with Crippen LogP contribution in [0.15, 0.2) is 66.7 Å². The molecule has 1 N–H and O–H groups in total. The van der Waals surface area contributed by atoms with Gasteiger partial charge in [0.1, 0.15) is 17.3 Å². The van der Waals surface area contributed by atoms with Gasteiger partial charge in [0.25, 0.3) is 5.91 Å². The third-order valence-corrected chi connectivity index (χ3v) is 4.50. The first-order valence-corrected chi connectivity index (χ1v) is 8.55. The molecule has 4 rings (SSSR count). The van der Waals surface area contributed by atoms with Gasteiger partial charge >= 0.3 is 0 Å². The van der Waals surface area contributed by atoms with Crippen molar-refractivity contribution in [2.75, 3.05) is 16.8 Å². The van der Waals surface area contributed by atoms with E-state index in [1.165, 1.54) is 23.3 Å². The van der Waals surface area contributed by atoms with Crippen LogP contribution in [-0.4, -0.2) is 17.4 Å². The second kappa shape index (κ2) is 6.96. The topological polar surface area (TPSA) is 45.2 Å². The number of benzene rings is 2. The highest BCUT2D eigenvalue weighted by Crippen LogP contribution is 2.23. The van der Waals surface area contributed by atoms with Crippen LogP contribution in [0.3, 0.4) is 0 Å². The number of amides is 1. The van der Waals surface area contributed by atoms with Gasteiger partial charge in [-0.25, -0.2) is 9.37 Å². The molecule has 0 fully saturated rings. The lowest BCUT2D eigenvalue weighted by atomic mass is 10.00. The minimum absolute atomic E-state index is 0.311. The van der Waals surface area contributed by atoms with Gasteiger partial charge in [-0.1, -0.05) is 36.4 Å². The fraction of sp³-hybridized carbons (Fsp3) is 0.143. The second-order valence-corrected chi connectivity index (χ2v) is 6.29. The van der Waals surface area contributed by atoms with Crippen molar-refractivity contribution in [3.63, 3.8) is 0 Å². The van der Waals surface area contributed by atoms with Crippen LogP contribution >= 0.6 is 0 Å². The summed E-state index contributed by atoms with van der Waals surface area (Å²) in [6.07, 6.45) is 0.956. The van der Waals surface area contributed by atoms with Gasteiger partial charge in [0.15, 0.2) is 0 Å². The van der Waals surface area contributed by atoms with E-state index in [-0.39, 0.29) is 5.91 Å². The first kappa shape index (κ1) is 16.3. The molecule has 4 nitrogen and oxygen atoms in total. The lowest BCUT2D eigenvalue weighted by molar-refractivity contribution is 0.102. The number of pyridine rings is 1. The van der Waals surface area contributed by atoms with E-state index in [0.717, 1.165) is 25.3 Å². The summed E-state index contributed by atoms with van der Waals surface area (Å²) in [6, 6.07) is 19.6. The van der Waals surface area contributed by atoms with Crippen molar-refractivity contribution in [3.05, 3.63) is 89.4 Å². The second-order valence-electron chi connectivity index (χ2n) is 6.29. The van der Waals surface area contributed by atoms with Gasteiger partial charge in [0, 0.05) is 18.8 Å². The maximum absolute atomic E-state index is 13.3. The first-order chi connectivity index (χ1) is 12.7. The van der Waals surface area contributed by atoms with Gasteiger partial charge in [-0.2, -0.15) is 0 Å². The number of fused-ring (bicyclic) bond motifs is 1. The van der Waals surface area contributed by atoms with E-state index < -0.39 is 5.82 Å². The van der Waals surface area contributed by atoms with E-state index in [9.17, 15) is 9.18 Å². The Labute approximate surface area is 151 Å². The number of halogens is 1. The molecule has 5 heteroatoms. The van der Waals surface area contributed by atoms with Crippen LogP contribution in [0.2, 0.25) is 0 Å². The fourth-order valence-corrected chi connectivity index (χ4v) is 3.18. The highest BCUT2D eigenvalue weighted by Gasteiger charge is 2.18. The van der Waals surface area contributed by atoms with Gasteiger partial charge in [0.05, 0.1) is 0 Å². The maximum atomic E-state index is 13.3. The SMILES string of the molecule is O=C(Nc1cccc(F)c1)c1cccc(N2CCc3ccccc3C2)n1. The molecule has 0 aliphatic carbocycles. The minimum atomic E-state index is -0.392. The highest BCUT2D eigenvalue weighted by atomic mass is 19.1. The Bertz CT molecular complexity index is 957. The molecule has 2 aromatic carbocycles. The fourth-order valence-electron chi connectivity index (χ4n) is 3.18. The molecule has 0 spiro atoms. The van der Waals surface area contributed by atoms with Crippen molar-refractivity contribution in [3.8, 4) is 0 Å². The predicted molar refractivity (Wildman–Crippen MR) is 99.8 cm³/mol. The molecule has 0 saturated carbocycles. The first-order valence-electron chi connectivity index (χ1n) is 8.55. The van der Waals surface area contributed by atoms with Gasteiger partial charge in [-0.05, 0) is 47.9 Å². The van der Waals surface area contributed by atoms with Gasteiger partial charge in [0.2, 0.25) is 0 Å². The molecule has 0 unspecified atom stereocenters. The molecular formula is C21H18FN3O. The van der Waals surface area contributed by atoms with Crippen molar-refractivity contribution in [1.29, 1.82) is 0 Å². The summed E-state index contributed by atoms with van der Waals surface area (Å²) >= 11 is 0. The van der Waals surface area contributed by atoms with E-state index in [2.05, 4.69) is 33.4 Å². The normalized spacial score (nSPS) is 13.2. The minimum Gasteiger partial charge on any atom is -0.352 e. The average molecular weight is 347 g/mol. The van der Waals surface area contributed by atoms with Crippen LogP contribution in [-0.2, 0) is 13.0 Å². The Morgan fingerprint density at radius 2 is 1.81 bits per heavy atom. The average Bonchev–Trinajstić information content (AvgIpc) is 2.68. The largest absolute Gasteiger partial charge is 0.352 e. The maximum Gasteiger partial charge on any atom is 0.274 e. The van der Waals surface area contributed by atoms with Crippen LogP contribution in [0.5, 0.6) is 0 Å². The smallest absolute Gasteiger partial charge is 0.274 e. The molecular weight excluding hydrogens is 329 g/mol. The number of nitrogens with one attached hydrogen (secondary N) is 1. The summed E-state index contributed by atoms with van der Waals surface area (Å²) in [4.78, 5) is 19.1. The zero-order valence-electron chi connectivity index (χ0n) is 14.2. The summed E-state index contributed by atoms with van der Waals surface area (Å²) in [5.74, 6) is 0.0257. The number of hydrogen-bond donors (Lipinski definition) is 1. The Balaban J connectivity index is 1.53. The molecule has 0 atom stereocenters. The molecule has 1 aliphatic rings. The Kier molecular flexibility index (Phi) is 4.35. The van der Waals surface area contributed by atoms with Crippen LogP contribution in [0.25, 0.3) is 0 Å². The Hall–Kier alpha value is -3.21. The van der Waals surface area contributed by atoms with E-state index in [1.54, 1.807) is 18.2 Å². The van der Waals surface area contributed by atoms with Crippen LogP contribution in [0.1, 0.15) is 21.6 Å². The molecule has 0 bridgehead atoms. The van der Waals surface area contributed by atoms with E-state index in [1.807, 2.05) is 18.2 Å². The molecule has 26 heavy (non-hydrogen) atoms. The standard InChI is InChI=1S/C21H18FN3O/c22-17-7-3-8-18(13-17)23-21(26)19-9-4-10-20(24-19)25-12-11-15-5-1-2-6-16(15)14-25/h1-10,13H,11-12,14H2,(H,23,26). The van der Waals surface area contributed by atoms with E-state index >= 15 is 0 Å². The molecule has 130 valence electrons. The monoisotopic (exact) mass is 347 g/mol. The van der Waals surface area contributed by atoms with Gasteiger partial charge in [-0.3, -0.25) is 4.79 Å². The van der Waals surface area contributed by atoms with Crippen LogP contribution < -0.4 is 10.2 Å². The van der Waals surface area contributed by atoms with Gasteiger partial charge < -0.3 is 10.2 Å². The number of nitrogens with zero attached hydrogens (tertiary/aromatic N) is 2. The third-order valence-electron chi connectivity index (χ3n) is 4.50. The van der Waals surface area contributed by atoms with Crippen molar-refractivity contribution in [1.82, 2.24) is 4.98 Å². The third kappa shape index (κ3) is 3.42. The molecule has 1 aliphatic heterocycles. The predicted octanol–water partition coefficient (Wildman–Crippen LogP) is 4.04. The summed E-state index contributed by atoms with van der Waals surface area (Å²) in [5, 5.41) is 2.68. The van der Waals surface area contributed by atoms with Crippen molar-refractivity contribution in [2.45, 2.75) is 13.0 Å². The van der Waals surface area contributed by atoms with Gasteiger partial charge in [-0.15, -0.1) is 0 Å². The lowest BCUT2D eigenvalue weighted by Gasteiger charge is -2.29. The van der Waals surface area contributed by atoms with E-state index in [4.69, 9.17) is 0 Å². The zero-order chi connectivity index (χ0) is 17.9. The number of carbonyl (C=O) groups excluding carboxylic acids is 1. The number of anilines is 2. The highest BCUT2D eigenvalue weighted by molar-refractivity contribution is 6.03. The quantitative estimate of drug-likeness (QED) is 0.778. The summed E-state index contributed by atoms with van der Waals surface area (Å²) in [7, 11) is 0. The number of carbonyl (C=O) groups is 1.